The van der Waals surface area contributed by atoms with Crippen LogP contribution in [0.15, 0.2) is 0 Å². The zero-order valence-corrected chi connectivity index (χ0v) is 6.06. The molecule has 0 fully saturated rings. The predicted molar refractivity (Wildman–Crippen MR) is 32.3 cm³/mol. The van der Waals surface area contributed by atoms with Crippen molar-refractivity contribution in [2.45, 2.75) is 19.0 Å². The summed E-state index contributed by atoms with van der Waals surface area (Å²) >= 11 is 0. The van der Waals surface area contributed by atoms with E-state index in [1.165, 1.54) is 0 Å². The zero-order chi connectivity index (χ0) is 9.61. The third kappa shape index (κ3) is 7.04. The van der Waals surface area contributed by atoms with Crippen molar-refractivity contribution in [2.24, 2.45) is 0 Å². The van der Waals surface area contributed by atoms with Crippen molar-refractivity contribution >= 4 is 12.3 Å². The van der Waals surface area contributed by atoms with Crippen LogP contribution < -0.4 is 0 Å². The first-order valence-electron chi connectivity index (χ1n) is 3.11. The molecule has 0 aromatic carbocycles. The van der Waals surface area contributed by atoms with Gasteiger partial charge in [-0.1, -0.05) is 0 Å². The average molecular weight is 184 g/mol. The number of carbonyl (C=O) groups excluding carboxylic acids is 2. The SMILES string of the molecule is O=CCCC(=O)OCC(F)(F)F. The summed E-state index contributed by atoms with van der Waals surface area (Å²) in [6.45, 7) is -1.59. The van der Waals surface area contributed by atoms with E-state index in [-0.39, 0.29) is 12.8 Å². The van der Waals surface area contributed by atoms with Gasteiger partial charge in [0.15, 0.2) is 6.61 Å². The molecular weight excluding hydrogens is 177 g/mol. The van der Waals surface area contributed by atoms with E-state index in [4.69, 9.17) is 0 Å². The van der Waals surface area contributed by atoms with Crippen LogP contribution in [0, 0.1) is 0 Å². The Morgan fingerprint density at radius 2 is 2.00 bits per heavy atom. The molecule has 0 aliphatic carbocycles. The summed E-state index contributed by atoms with van der Waals surface area (Å²) in [5, 5.41) is 0. The van der Waals surface area contributed by atoms with Gasteiger partial charge in [-0.2, -0.15) is 13.2 Å². The van der Waals surface area contributed by atoms with Crippen molar-refractivity contribution in [2.75, 3.05) is 6.61 Å². The molecule has 0 aliphatic rings. The van der Waals surface area contributed by atoms with Crippen LogP contribution in [-0.2, 0) is 14.3 Å². The summed E-state index contributed by atoms with van der Waals surface area (Å²) in [5.74, 6) is -1.01. The minimum atomic E-state index is -4.50. The molecule has 0 aromatic heterocycles. The summed E-state index contributed by atoms with van der Waals surface area (Å²) in [4.78, 5) is 20.0. The van der Waals surface area contributed by atoms with Crippen molar-refractivity contribution in [1.82, 2.24) is 0 Å². The fourth-order valence-electron chi connectivity index (χ4n) is 0.411. The van der Waals surface area contributed by atoms with Gasteiger partial charge in [0.05, 0.1) is 6.42 Å². The lowest BCUT2D eigenvalue weighted by Gasteiger charge is -2.06. The van der Waals surface area contributed by atoms with Gasteiger partial charge in [-0.3, -0.25) is 4.79 Å². The molecule has 0 aliphatic heterocycles. The van der Waals surface area contributed by atoms with E-state index in [9.17, 15) is 22.8 Å². The first-order chi connectivity index (χ1) is 5.45. The Morgan fingerprint density at radius 1 is 1.42 bits per heavy atom. The normalized spacial score (nSPS) is 10.9. The van der Waals surface area contributed by atoms with Crippen molar-refractivity contribution in [3.05, 3.63) is 0 Å². The first-order valence-corrected chi connectivity index (χ1v) is 3.11. The highest BCUT2D eigenvalue weighted by Gasteiger charge is 2.29. The highest BCUT2D eigenvalue weighted by atomic mass is 19.4. The Bertz CT molecular complexity index is 164. The summed E-state index contributed by atoms with van der Waals surface area (Å²) in [5.41, 5.74) is 0. The lowest BCUT2D eigenvalue weighted by atomic mass is 10.3. The third-order valence-corrected chi connectivity index (χ3v) is 0.863. The predicted octanol–water partition coefficient (Wildman–Crippen LogP) is 1.07. The zero-order valence-electron chi connectivity index (χ0n) is 6.06. The number of esters is 1. The first kappa shape index (κ1) is 10.9. The molecule has 0 amide bonds. The molecule has 3 nitrogen and oxygen atoms in total. The Balaban J connectivity index is 3.51. The van der Waals surface area contributed by atoms with Gasteiger partial charge in [0.1, 0.15) is 6.29 Å². The molecule has 0 rings (SSSR count). The standard InChI is InChI=1S/C6H7F3O3/c7-6(8,9)4-12-5(11)2-1-3-10/h3H,1-2,4H2. The highest BCUT2D eigenvalue weighted by Crippen LogP contribution is 2.14. The number of rotatable bonds is 4. The maximum atomic E-state index is 11.4. The van der Waals surface area contributed by atoms with Crippen molar-refractivity contribution in [1.29, 1.82) is 0 Å². The molecule has 0 unspecified atom stereocenters. The molecule has 0 radical (unpaired) electrons. The molecule has 0 spiro atoms. The minimum Gasteiger partial charge on any atom is -0.456 e. The van der Waals surface area contributed by atoms with Gasteiger partial charge < -0.3 is 9.53 Å². The van der Waals surface area contributed by atoms with E-state index < -0.39 is 18.8 Å². The number of hydrogen-bond donors (Lipinski definition) is 0. The second kappa shape index (κ2) is 4.74. The lowest BCUT2D eigenvalue weighted by Crippen LogP contribution is -2.20. The molecule has 0 saturated heterocycles. The maximum absolute atomic E-state index is 11.4. The number of carbonyl (C=O) groups is 2. The fraction of sp³-hybridized carbons (Fsp3) is 0.667. The molecule has 0 atom stereocenters. The summed E-state index contributed by atoms with van der Waals surface area (Å²) in [6, 6.07) is 0. The number of ether oxygens (including phenoxy) is 1. The third-order valence-electron chi connectivity index (χ3n) is 0.863. The molecule has 0 aromatic rings. The van der Waals surface area contributed by atoms with Crippen LogP contribution in [0.1, 0.15) is 12.8 Å². The largest absolute Gasteiger partial charge is 0.456 e. The van der Waals surface area contributed by atoms with Gasteiger partial charge in [0, 0.05) is 6.42 Å². The van der Waals surface area contributed by atoms with Crippen molar-refractivity contribution in [3.63, 3.8) is 0 Å². The molecular formula is C6H7F3O3. The van der Waals surface area contributed by atoms with Crippen molar-refractivity contribution < 1.29 is 27.5 Å². The van der Waals surface area contributed by atoms with Gasteiger partial charge >= 0.3 is 12.1 Å². The number of halogens is 3. The minimum absolute atomic E-state index is 0.114. The monoisotopic (exact) mass is 184 g/mol. The van der Waals surface area contributed by atoms with Crippen LogP contribution in [0.4, 0.5) is 13.2 Å². The van der Waals surface area contributed by atoms with Gasteiger partial charge in [0.25, 0.3) is 0 Å². The van der Waals surface area contributed by atoms with Crippen LogP contribution in [0.2, 0.25) is 0 Å². The van der Waals surface area contributed by atoms with E-state index in [2.05, 4.69) is 4.74 Å². The molecule has 0 saturated carbocycles. The van der Waals surface area contributed by atoms with E-state index in [1.54, 1.807) is 0 Å². The quantitative estimate of drug-likeness (QED) is 0.484. The van der Waals surface area contributed by atoms with Crippen LogP contribution in [-0.4, -0.2) is 25.0 Å². The summed E-state index contributed by atoms with van der Waals surface area (Å²) < 4.78 is 38.0. The molecule has 0 N–H and O–H groups in total. The Labute approximate surface area is 66.5 Å². The second-order valence-electron chi connectivity index (χ2n) is 1.98. The number of hydrogen-bond acceptors (Lipinski definition) is 3. The average Bonchev–Trinajstić information content (AvgIpc) is 1.95. The number of aldehydes is 1. The Morgan fingerprint density at radius 3 is 2.42 bits per heavy atom. The van der Waals surface area contributed by atoms with Gasteiger partial charge in [-0.25, -0.2) is 0 Å². The molecule has 6 heteroatoms. The van der Waals surface area contributed by atoms with Crippen LogP contribution >= 0.6 is 0 Å². The second-order valence-corrected chi connectivity index (χ2v) is 1.98. The highest BCUT2D eigenvalue weighted by molar-refractivity contribution is 5.72. The van der Waals surface area contributed by atoms with Gasteiger partial charge in [-0.15, -0.1) is 0 Å². The topological polar surface area (TPSA) is 43.4 Å². The molecule has 70 valence electrons. The van der Waals surface area contributed by atoms with E-state index in [1.807, 2.05) is 0 Å². The van der Waals surface area contributed by atoms with Crippen LogP contribution in [0.5, 0.6) is 0 Å². The van der Waals surface area contributed by atoms with Gasteiger partial charge in [-0.05, 0) is 0 Å². The fourth-order valence-corrected chi connectivity index (χ4v) is 0.411. The van der Waals surface area contributed by atoms with E-state index in [0.29, 0.717) is 6.29 Å². The maximum Gasteiger partial charge on any atom is 0.422 e. The van der Waals surface area contributed by atoms with Crippen LogP contribution in [0.25, 0.3) is 0 Å². The molecule has 0 heterocycles. The van der Waals surface area contributed by atoms with Crippen LogP contribution in [0.3, 0.4) is 0 Å². The summed E-state index contributed by atoms with van der Waals surface area (Å²) in [6.07, 6.45) is -4.48. The van der Waals surface area contributed by atoms with E-state index >= 15 is 0 Å². The Hall–Kier alpha value is -1.07. The molecule has 12 heavy (non-hydrogen) atoms. The lowest BCUT2D eigenvalue weighted by molar-refractivity contribution is -0.186. The van der Waals surface area contributed by atoms with E-state index in [0.717, 1.165) is 0 Å². The molecule has 0 bridgehead atoms. The number of alkyl halides is 3. The Kier molecular flexibility index (Phi) is 4.31. The summed E-state index contributed by atoms with van der Waals surface area (Å²) in [7, 11) is 0. The van der Waals surface area contributed by atoms with Crippen molar-refractivity contribution in [3.8, 4) is 0 Å². The van der Waals surface area contributed by atoms with Gasteiger partial charge in [0.2, 0.25) is 0 Å². The smallest absolute Gasteiger partial charge is 0.422 e.